The summed E-state index contributed by atoms with van der Waals surface area (Å²) in [4.78, 5) is 20.5. The number of fused-ring (bicyclic) bond motifs is 1. The van der Waals surface area contributed by atoms with Crippen LogP contribution in [0, 0.1) is 0 Å². The van der Waals surface area contributed by atoms with Crippen molar-refractivity contribution in [2.24, 2.45) is 0 Å². The molecule has 2 aromatic carbocycles. The Labute approximate surface area is 174 Å². The van der Waals surface area contributed by atoms with Crippen molar-refractivity contribution < 1.29 is 4.79 Å². The quantitative estimate of drug-likeness (QED) is 0.409. The third kappa shape index (κ3) is 4.19. The number of carbonyl (C=O) groups excluding carboxylic acids is 1. The molecular weight excluding hydrogens is 414 g/mol. The molecule has 0 aliphatic heterocycles. The van der Waals surface area contributed by atoms with E-state index >= 15 is 0 Å². The van der Waals surface area contributed by atoms with Crippen LogP contribution in [0.15, 0.2) is 53.7 Å². The molecule has 9 heteroatoms. The predicted molar refractivity (Wildman–Crippen MR) is 115 cm³/mol. The van der Waals surface area contributed by atoms with E-state index in [2.05, 4.69) is 25.5 Å². The van der Waals surface area contributed by atoms with Crippen molar-refractivity contribution in [3.8, 4) is 10.6 Å². The van der Waals surface area contributed by atoms with Gasteiger partial charge in [-0.1, -0.05) is 65.9 Å². The lowest BCUT2D eigenvalue weighted by Crippen LogP contribution is -2.24. The fraction of sp³-hybridized carbons (Fsp3) is 0.158. The maximum Gasteiger partial charge on any atom is 0.239 e. The smallest absolute Gasteiger partial charge is 0.239 e. The highest BCUT2D eigenvalue weighted by Gasteiger charge is 2.21. The number of halogens is 1. The molecule has 0 saturated heterocycles. The standard InChI is InChI=1S/C19H16ClN5OS2/c1-2-15(27-18-21-13-5-3-4-6-14(13)22-18)16(26)23-19-25-24-17(28-19)11-7-9-12(20)10-8-11/h3-10,15H,2H2,1H3,(H,21,22)(H,23,25,26). The number of hydrogen-bond donors (Lipinski definition) is 2. The molecule has 1 atom stereocenters. The van der Waals surface area contributed by atoms with Gasteiger partial charge in [-0.3, -0.25) is 10.1 Å². The number of H-pyrrole nitrogens is 1. The van der Waals surface area contributed by atoms with Crippen molar-refractivity contribution >= 4 is 56.8 Å². The topological polar surface area (TPSA) is 83.6 Å². The number of hydrogen-bond acceptors (Lipinski definition) is 6. The Morgan fingerprint density at radius 1 is 1.21 bits per heavy atom. The van der Waals surface area contributed by atoms with Crippen LogP contribution in [-0.2, 0) is 4.79 Å². The molecule has 0 bridgehead atoms. The van der Waals surface area contributed by atoms with Crippen LogP contribution in [0.5, 0.6) is 0 Å². The van der Waals surface area contributed by atoms with Crippen LogP contribution < -0.4 is 5.32 Å². The number of aromatic amines is 1. The Hall–Kier alpha value is -2.42. The van der Waals surface area contributed by atoms with Crippen LogP contribution in [0.4, 0.5) is 5.13 Å². The molecule has 0 saturated carbocycles. The van der Waals surface area contributed by atoms with E-state index in [1.807, 2.05) is 43.3 Å². The third-order valence-electron chi connectivity index (χ3n) is 4.03. The van der Waals surface area contributed by atoms with Crippen molar-refractivity contribution in [1.29, 1.82) is 0 Å². The van der Waals surface area contributed by atoms with E-state index in [0.29, 0.717) is 16.6 Å². The number of aromatic nitrogens is 4. The number of nitrogens with one attached hydrogen (secondary N) is 2. The van der Waals surface area contributed by atoms with Crippen molar-refractivity contribution in [3.05, 3.63) is 53.6 Å². The third-order valence-corrected chi connectivity index (χ3v) is 6.42. The first-order valence-electron chi connectivity index (χ1n) is 8.64. The van der Waals surface area contributed by atoms with Crippen LogP contribution in [0.25, 0.3) is 21.6 Å². The van der Waals surface area contributed by atoms with Gasteiger partial charge in [0.2, 0.25) is 11.0 Å². The summed E-state index contributed by atoms with van der Waals surface area (Å²) in [7, 11) is 0. The highest BCUT2D eigenvalue weighted by atomic mass is 35.5. The van der Waals surface area contributed by atoms with Crippen LogP contribution in [0.3, 0.4) is 0 Å². The van der Waals surface area contributed by atoms with Crippen molar-refractivity contribution in [1.82, 2.24) is 20.2 Å². The second-order valence-corrected chi connectivity index (χ2v) is 8.59. The molecule has 0 aliphatic rings. The van der Waals surface area contributed by atoms with Crippen molar-refractivity contribution in [2.75, 3.05) is 5.32 Å². The zero-order valence-electron chi connectivity index (χ0n) is 14.8. The molecule has 1 unspecified atom stereocenters. The molecule has 0 aliphatic carbocycles. The van der Waals surface area contributed by atoms with Gasteiger partial charge in [-0.2, -0.15) is 0 Å². The van der Waals surface area contributed by atoms with E-state index in [9.17, 15) is 4.79 Å². The van der Waals surface area contributed by atoms with Crippen LogP contribution in [0.1, 0.15) is 13.3 Å². The molecule has 2 heterocycles. The minimum atomic E-state index is -0.288. The van der Waals surface area contributed by atoms with Gasteiger partial charge >= 0.3 is 0 Å². The zero-order chi connectivity index (χ0) is 19.5. The first kappa shape index (κ1) is 18.9. The molecule has 1 amide bonds. The fourth-order valence-electron chi connectivity index (χ4n) is 2.61. The molecule has 142 valence electrons. The molecule has 2 N–H and O–H groups in total. The SMILES string of the molecule is CCC(Sc1nc2ccccc2[nH]1)C(=O)Nc1nnc(-c2ccc(Cl)cc2)s1. The van der Waals surface area contributed by atoms with Crippen LogP contribution in [0.2, 0.25) is 5.02 Å². The number of amides is 1. The number of rotatable bonds is 6. The monoisotopic (exact) mass is 429 g/mol. The maximum atomic E-state index is 12.7. The molecule has 4 rings (SSSR count). The van der Waals surface area contributed by atoms with Gasteiger partial charge in [0, 0.05) is 10.6 Å². The number of anilines is 1. The van der Waals surface area contributed by atoms with Crippen LogP contribution >= 0.6 is 34.7 Å². The summed E-state index contributed by atoms with van der Waals surface area (Å²) in [6.07, 6.45) is 0.663. The molecule has 0 radical (unpaired) electrons. The largest absolute Gasteiger partial charge is 0.333 e. The number of benzene rings is 2. The number of nitrogens with zero attached hydrogens (tertiary/aromatic N) is 3. The fourth-order valence-corrected chi connectivity index (χ4v) is 4.41. The van der Waals surface area contributed by atoms with Crippen molar-refractivity contribution in [3.63, 3.8) is 0 Å². The summed E-state index contributed by atoms with van der Waals surface area (Å²) < 4.78 is 0. The number of carbonyl (C=O) groups is 1. The van der Waals surface area contributed by atoms with Gasteiger partial charge in [-0.25, -0.2) is 4.98 Å². The molecule has 2 aromatic heterocycles. The number of thioether (sulfide) groups is 1. The summed E-state index contributed by atoms with van der Waals surface area (Å²) >= 11 is 8.65. The van der Waals surface area contributed by atoms with Gasteiger partial charge in [0.1, 0.15) is 5.01 Å². The Morgan fingerprint density at radius 3 is 2.75 bits per heavy atom. The molecule has 6 nitrogen and oxygen atoms in total. The van der Waals surface area contributed by atoms with Crippen molar-refractivity contribution in [2.45, 2.75) is 23.8 Å². The first-order valence-corrected chi connectivity index (χ1v) is 10.7. The summed E-state index contributed by atoms with van der Waals surface area (Å²) in [5.41, 5.74) is 2.75. The summed E-state index contributed by atoms with van der Waals surface area (Å²) in [5, 5.41) is 13.4. The Bertz CT molecular complexity index is 1080. The summed E-state index contributed by atoms with van der Waals surface area (Å²) in [5.74, 6) is -0.119. The lowest BCUT2D eigenvalue weighted by atomic mass is 10.2. The van der Waals surface area contributed by atoms with E-state index in [1.165, 1.54) is 23.1 Å². The average Bonchev–Trinajstić information content (AvgIpc) is 3.33. The van der Waals surface area contributed by atoms with E-state index in [1.54, 1.807) is 12.1 Å². The van der Waals surface area contributed by atoms with E-state index in [0.717, 1.165) is 26.8 Å². The summed E-state index contributed by atoms with van der Waals surface area (Å²) in [6.45, 7) is 1.97. The molecular formula is C19H16ClN5OS2. The molecule has 0 fully saturated rings. The minimum Gasteiger partial charge on any atom is -0.333 e. The normalized spacial score (nSPS) is 12.2. The lowest BCUT2D eigenvalue weighted by molar-refractivity contribution is -0.115. The lowest BCUT2D eigenvalue weighted by Gasteiger charge is -2.11. The Morgan fingerprint density at radius 2 is 2.00 bits per heavy atom. The number of para-hydroxylation sites is 2. The number of imidazole rings is 1. The van der Waals surface area contributed by atoms with E-state index in [-0.39, 0.29) is 11.2 Å². The molecule has 0 spiro atoms. The zero-order valence-corrected chi connectivity index (χ0v) is 17.2. The van der Waals surface area contributed by atoms with Gasteiger partial charge in [0.15, 0.2) is 5.16 Å². The van der Waals surface area contributed by atoms with Crippen LogP contribution in [-0.4, -0.2) is 31.3 Å². The van der Waals surface area contributed by atoms with Gasteiger partial charge in [0.25, 0.3) is 0 Å². The first-order chi connectivity index (χ1) is 13.6. The maximum absolute atomic E-state index is 12.7. The average molecular weight is 430 g/mol. The summed E-state index contributed by atoms with van der Waals surface area (Å²) in [6, 6.07) is 15.1. The Balaban J connectivity index is 1.45. The second kappa shape index (κ2) is 8.30. The molecule has 28 heavy (non-hydrogen) atoms. The Kier molecular flexibility index (Phi) is 5.61. The van der Waals surface area contributed by atoms with E-state index in [4.69, 9.17) is 11.6 Å². The van der Waals surface area contributed by atoms with Gasteiger partial charge in [-0.15, -0.1) is 10.2 Å². The van der Waals surface area contributed by atoms with Gasteiger partial charge < -0.3 is 4.98 Å². The van der Waals surface area contributed by atoms with Gasteiger partial charge in [0.05, 0.1) is 16.3 Å². The predicted octanol–water partition coefficient (Wildman–Crippen LogP) is 5.24. The second-order valence-electron chi connectivity index (χ2n) is 5.98. The van der Waals surface area contributed by atoms with Gasteiger partial charge in [-0.05, 0) is 30.7 Å². The highest BCUT2D eigenvalue weighted by Crippen LogP contribution is 2.29. The highest BCUT2D eigenvalue weighted by molar-refractivity contribution is 8.00. The minimum absolute atomic E-state index is 0.119. The molecule has 4 aromatic rings. The van der Waals surface area contributed by atoms with E-state index < -0.39 is 0 Å².